The van der Waals surface area contributed by atoms with Gasteiger partial charge in [-0.05, 0) is 17.7 Å². The highest BCUT2D eigenvalue weighted by molar-refractivity contribution is 5.73. The monoisotopic (exact) mass is 263 g/mol. The Morgan fingerprint density at radius 2 is 2.37 bits per heavy atom. The molecule has 1 aromatic heterocycles. The van der Waals surface area contributed by atoms with Gasteiger partial charge in [0.2, 0.25) is 0 Å². The molecule has 0 amide bonds. The van der Waals surface area contributed by atoms with Crippen molar-refractivity contribution in [3.8, 4) is 0 Å². The Hall–Kier alpha value is -1.63. The van der Waals surface area contributed by atoms with Crippen molar-refractivity contribution in [2.75, 3.05) is 19.8 Å². The van der Waals surface area contributed by atoms with Gasteiger partial charge >= 0.3 is 5.76 Å². The van der Waals surface area contributed by atoms with Gasteiger partial charge in [0.25, 0.3) is 0 Å². The fourth-order valence-corrected chi connectivity index (χ4v) is 2.40. The van der Waals surface area contributed by atoms with E-state index in [0.717, 1.165) is 24.2 Å². The van der Waals surface area contributed by atoms with E-state index < -0.39 is 0 Å². The summed E-state index contributed by atoms with van der Waals surface area (Å²) in [6.45, 7) is 2.13. The summed E-state index contributed by atoms with van der Waals surface area (Å²) < 4.78 is 12.0. The van der Waals surface area contributed by atoms with Gasteiger partial charge in [-0.15, -0.1) is 0 Å². The summed E-state index contributed by atoms with van der Waals surface area (Å²) in [5, 5.41) is 3.34. The summed E-state index contributed by atoms with van der Waals surface area (Å²) in [4.78, 5) is 11.5. The maximum absolute atomic E-state index is 11.5. The number of rotatable bonds is 2. The van der Waals surface area contributed by atoms with Gasteiger partial charge in [-0.3, -0.25) is 4.57 Å². The number of nitrogens with zero attached hydrogens (tertiary/aromatic N) is 1. The molecule has 1 saturated heterocycles. The van der Waals surface area contributed by atoms with E-state index in [2.05, 4.69) is 5.32 Å². The minimum absolute atomic E-state index is 0.0927. The largest absolute Gasteiger partial charge is 0.419 e. The number of nitrogens with two attached hydrogens (primary N) is 1. The molecule has 0 bridgehead atoms. The first-order valence-electron chi connectivity index (χ1n) is 6.33. The summed E-state index contributed by atoms with van der Waals surface area (Å²) in [5.41, 5.74) is 8.56. The SMILES string of the molecule is Cn1c(=O)oc2ccc(C(N)C3COCCN3)cc21. The van der Waals surface area contributed by atoms with Crippen molar-refractivity contribution in [1.82, 2.24) is 9.88 Å². The van der Waals surface area contributed by atoms with Crippen LogP contribution in [0.25, 0.3) is 11.1 Å². The third-order valence-corrected chi connectivity index (χ3v) is 3.58. The average molecular weight is 263 g/mol. The minimum atomic E-state index is -0.361. The van der Waals surface area contributed by atoms with Gasteiger partial charge in [0, 0.05) is 25.7 Å². The van der Waals surface area contributed by atoms with Crippen LogP contribution < -0.4 is 16.8 Å². The Bertz CT molecular complexity index is 640. The molecule has 1 fully saturated rings. The van der Waals surface area contributed by atoms with Gasteiger partial charge in [0.1, 0.15) is 0 Å². The van der Waals surface area contributed by atoms with E-state index in [1.165, 1.54) is 4.57 Å². The predicted octanol–water partition coefficient (Wildman–Crippen LogP) is 0.120. The van der Waals surface area contributed by atoms with Crippen molar-refractivity contribution in [3.05, 3.63) is 34.3 Å². The van der Waals surface area contributed by atoms with Crippen molar-refractivity contribution in [2.45, 2.75) is 12.1 Å². The van der Waals surface area contributed by atoms with Crippen LogP contribution in [-0.2, 0) is 11.8 Å². The van der Waals surface area contributed by atoms with Gasteiger partial charge in [0.15, 0.2) is 5.58 Å². The zero-order valence-corrected chi connectivity index (χ0v) is 10.8. The Balaban J connectivity index is 1.95. The van der Waals surface area contributed by atoms with Crippen molar-refractivity contribution in [2.24, 2.45) is 12.8 Å². The Morgan fingerprint density at radius 1 is 1.53 bits per heavy atom. The van der Waals surface area contributed by atoms with Crippen molar-refractivity contribution < 1.29 is 9.15 Å². The van der Waals surface area contributed by atoms with Crippen LogP contribution in [0.15, 0.2) is 27.4 Å². The average Bonchev–Trinajstić information content (AvgIpc) is 2.74. The van der Waals surface area contributed by atoms with Gasteiger partial charge in [-0.1, -0.05) is 6.07 Å². The molecule has 2 aromatic rings. The van der Waals surface area contributed by atoms with Crippen LogP contribution in [0.3, 0.4) is 0 Å². The van der Waals surface area contributed by atoms with Gasteiger partial charge in [0.05, 0.1) is 18.7 Å². The topological polar surface area (TPSA) is 82.4 Å². The van der Waals surface area contributed by atoms with E-state index in [1.54, 1.807) is 13.1 Å². The number of aryl methyl sites for hydroxylation is 1. The van der Waals surface area contributed by atoms with Crippen molar-refractivity contribution in [3.63, 3.8) is 0 Å². The lowest BCUT2D eigenvalue weighted by Gasteiger charge is -2.29. The molecule has 6 heteroatoms. The van der Waals surface area contributed by atoms with E-state index in [4.69, 9.17) is 14.9 Å². The molecule has 0 aliphatic carbocycles. The second kappa shape index (κ2) is 4.80. The fourth-order valence-electron chi connectivity index (χ4n) is 2.40. The first-order valence-corrected chi connectivity index (χ1v) is 6.33. The quantitative estimate of drug-likeness (QED) is 0.804. The number of oxazole rings is 1. The summed E-state index contributed by atoms with van der Waals surface area (Å²) in [7, 11) is 1.69. The molecular formula is C13H17N3O3. The molecule has 2 atom stereocenters. The molecular weight excluding hydrogens is 246 g/mol. The van der Waals surface area contributed by atoms with E-state index in [1.807, 2.05) is 12.1 Å². The van der Waals surface area contributed by atoms with Crippen LogP contribution in [0.1, 0.15) is 11.6 Å². The first-order chi connectivity index (χ1) is 9.16. The Labute approximate surface area is 110 Å². The predicted molar refractivity (Wildman–Crippen MR) is 71.0 cm³/mol. The van der Waals surface area contributed by atoms with Crippen LogP contribution in [0.2, 0.25) is 0 Å². The molecule has 19 heavy (non-hydrogen) atoms. The fraction of sp³-hybridized carbons (Fsp3) is 0.462. The molecule has 2 unspecified atom stereocenters. The molecule has 0 spiro atoms. The standard InChI is InChI=1S/C13H17N3O3/c1-16-10-6-8(2-3-11(10)19-13(16)17)12(14)9-7-18-5-4-15-9/h2-3,6,9,12,15H,4-5,7,14H2,1H3. The summed E-state index contributed by atoms with van der Waals surface area (Å²) in [6.07, 6.45) is 0. The van der Waals surface area contributed by atoms with E-state index >= 15 is 0 Å². The van der Waals surface area contributed by atoms with Crippen molar-refractivity contribution in [1.29, 1.82) is 0 Å². The van der Waals surface area contributed by atoms with Gasteiger partial charge in [-0.2, -0.15) is 0 Å². The van der Waals surface area contributed by atoms with Crippen LogP contribution in [0, 0.1) is 0 Å². The highest BCUT2D eigenvalue weighted by Crippen LogP contribution is 2.21. The molecule has 102 valence electrons. The molecule has 3 rings (SSSR count). The third-order valence-electron chi connectivity index (χ3n) is 3.58. The van der Waals surface area contributed by atoms with Gasteiger partial charge in [-0.25, -0.2) is 4.79 Å². The lowest BCUT2D eigenvalue weighted by atomic mass is 9.99. The third kappa shape index (κ3) is 2.18. The van der Waals surface area contributed by atoms with Crippen molar-refractivity contribution >= 4 is 11.1 Å². The van der Waals surface area contributed by atoms with Crippen LogP contribution >= 0.6 is 0 Å². The Morgan fingerprint density at radius 3 is 3.11 bits per heavy atom. The highest BCUT2D eigenvalue weighted by atomic mass is 16.5. The smallest absolute Gasteiger partial charge is 0.408 e. The van der Waals surface area contributed by atoms with E-state index in [-0.39, 0.29) is 17.8 Å². The number of nitrogens with one attached hydrogen (secondary N) is 1. The molecule has 2 heterocycles. The number of hydrogen-bond donors (Lipinski definition) is 2. The molecule has 0 saturated carbocycles. The summed E-state index contributed by atoms with van der Waals surface area (Å²) in [6, 6.07) is 5.51. The van der Waals surface area contributed by atoms with Crippen LogP contribution in [-0.4, -0.2) is 30.4 Å². The second-order valence-electron chi connectivity index (χ2n) is 4.82. The number of ether oxygens (including phenoxy) is 1. The summed E-state index contributed by atoms with van der Waals surface area (Å²) >= 11 is 0. The molecule has 6 nitrogen and oxygen atoms in total. The number of aromatic nitrogens is 1. The summed E-state index contributed by atoms with van der Waals surface area (Å²) in [5.74, 6) is -0.361. The van der Waals surface area contributed by atoms with Crippen LogP contribution in [0.5, 0.6) is 0 Å². The lowest BCUT2D eigenvalue weighted by Crippen LogP contribution is -2.47. The number of hydrogen-bond acceptors (Lipinski definition) is 5. The number of fused-ring (bicyclic) bond motifs is 1. The first kappa shape index (κ1) is 12.4. The van der Waals surface area contributed by atoms with Gasteiger partial charge < -0.3 is 20.2 Å². The molecule has 1 aliphatic rings. The normalized spacial score (nSPS) is 21.7. The Kier molecular flexibility index (Phi) is 3.14. The number of morpholine rings is 1. The van der Waals surface area contributed by atoms with Crippen LogP contribution in [0.4, 0.5) is 0 Å². The number of benzene rings is 1. The lowest BCUT2D eigenvalue weighted by molar-refractivity contribution is 0.0685. The minimum Gasteiger partial charge on any atom is -0.408 e. The molecule has 1 aromatic carbocycles. The maximum atomic E-state index is 11.5. The molecule has 1 aliphatic heterocycles. The second-order valence-corrected chi connectivity index (χ2v) is 4.82. The van der Waals surface area contributed by atoms with E-state index in [9.17, 15) is 4.79 Å². The zero-order valence-electron chi connectivity index (χ0n) is 10.8. The zero-order chi connectivity index (χ0) is 13.4. The molecule has 3 N–H and O–H groups in total. The maximum Gasteiger partial charge on any atom is 0.419 e. The highest BCUT2D eigenvalue weighted by Gasteiger charge is 2.22. The molecule has 0 radical (unpaired) electrons. The van der Waals surface area contributed by atoms with E-state index in [0.29, 0.717) is 12.2 Å².